The van der Waals surface area contributed by atoms with Gasteiger partial charge in [0, 0.05) is 45.4 Å². The van der Waals surface area contributed by atoms with Gasteiger partial charge in [-0.15, -0.1) is 0 Å². The van der Waals surface area contributed by atoms with Gasteiger partial charge in [0.15, 0.2) is 5.79 Å². The zero-order valence-corrected chi connectivity index (χ0v) is 15.7. The van der Waals surface area contributed by atoms with Crippen LogP contribution in [-0.2, 0) is 14.3 Å². The molecule has 2 saturated heterocycles. The lowest BCUT2D eigenvalue weighted by atomic mass is 10.0. The summed E-state index contributed by atoms with van der Waals surface area (Å²) in [6.07, 6.45) is 4.12. The summed E-state index contributed by atoms with van der Waals surface area (Å²) in [5.74, 6) is 0.145. The van der Waals surface area contributed by atoms with E-state index in [9.17, 15) is 9.59 Å². The summed E-state index contributed by atoms with van der Waals surface area (Å²) in [5, 5.41) is 0. The number of rotatable bonds is 6. The van der Waals surface area contributed by atoms with Crippen molar-refractivity contribution in [1.82, 2.24) is 9.80 Å². The van der Waals surface area contributed by atoms with Crippen molar-refractivity contribution >= 4 is 11.8 Å². The molecule has 26 heavy (non-hydrogen) atoms. The maximum atomic E-state index is 12.7. The fourth-order valence-electron chi connectivity index (χ4n) is 3.63. The number of amides is 2. The van der Waals surface area contributed by atoms with E-state index in [4.69, 9.17) is 13.9 Å². The fraction of sp³-hybridized carbons (Fsp3) is 0.684. The van der Waals surface area contributed by atoms with Gasteiger partial charge in [0.2, 0.25) is 5.91 Å². The smallest absolute Gasteiger partial charge is 0.257 e. The van der Waals surface area contributed by atoms with Crippen LogP contribution in [0.1, 0.15) is 48.7 Å². The third-order valence-corrected chi connectivity index (χ3v) is 5.16. The molecule has 0 saturated carbocycles. The summed E-state index contributed by atoms with van der Waals surface area (Å²) in [6, 6.07) is 1.69. The van der Waals surface area contributed by atoms with Crippen LogP contribution in [0.3, 0.4) is 0 Å². The van der Waals surface area contributed by atoms with Gasteiger partial charge in [-0.3, -0.25) is 9.59 Å². The van der Waals surface area contributed by atoms with Gasteiger partial charge in [-0.05, 0) is 19.4 Å². The molecule has 7 nitrogen and oxygen atoms in total. The molecular formula is C19H28N2O5. The second kappa shape index (κ2) is 8.22. The number of hydrogen-bond acceptors (Lipinski definition) is 5. The van der Waals surface area contributed by atoms with E-state index in [0.717, 1.165) is 6.42 Å². The van der Waals surface area contributed by atoms with E-state index in [-0.39, 0.29) is 11.8 Å². The molecule has 0 aliphatic carbocycles. The van der Waals surface area contributed by atoms with Crippen LogP contribution in [0, 0.1) is 6.92 Å². The van der Waals surface area contributed by atoms with Crippen molar-refractivity contribution < 1.29 is 23.5 Å². The van der Waals surface area contributed by atoms with Gasteiger partial charge in [0.1, 0.15) is 5.76 Å². The Labute approximate surface area is 154 Å². The van der Waals surface area contributed by atoms with Crippen molar-refractivity contribution in [2.45, 2.75) is 45.3 Å². The molecule has 0 N–H and O–H groups in total. The quantitative estimate of drug-likeness (QED) is 0.774. The van der Waals surface area contributed by atoms with Gasteiger partial charge >= 0.3 is 0 Å². The van der Waals surface area contributed by atoms with Crippen molar-refractivity contribution in [1.29, 1.82) is 0 Å². The zero-order valence-electron chi connectivity index (χ0n) is 15.7. The number of furan rings is 1. The monoisotopic (exact) mass is 364 g/mol. The van der Waals surface area contributed by atoms with Crippen LogP contribution in [-0.4, -0.2) is 66.8 Å². The van der Waals surface area contributed by atoms with Crippen LogP contribution in [0.5, 0.6) is 0 Å². The Morgan fingerprint density at radius 3 is 2.46 bits per heavy atom. The summed E-state index contributed by atoms with van der Waals surface area (Å²) >= 11 is 0. The van der Waals surface area contributed by atoms with Crippen molar-refractivity contribution in [2.75, 3.05) is 39.4 Å². The van der Waals surface area contributed by atoms with E-state index < -0.39 is 5.79 Å². The molecule has 1 aromatic heterocycles. The van der Waals surface area contributed by atoms with Crippen molar-refractivity contribution in [3.8, 4) is 0 Å². The Bertz CT molecular complexity index is 626. The maximum absolute atomic E-state index is 12.7. The highest BCUT2D eigenvalue weighted by Gasteiger charge is 2.40. The minimum atomic E-state index is -0.472. The minimum Gasteiger partial charge on any atom is -0.469 e. The molecular weight excluding hydrogens is 336 g/mol. The Balaban J connectivity index is 1.51. The molecule has 1 aromatic rings. The van der Waals surface area contributed by atoms with Crippen molar-refractivity contribution in [3.05, 3.63) is 23.7 Å². The second-order valence-electron chi connectivity index (χ2n) is 6.92. The number of aryl methyl sites for hydroxylation is 1. The Hall–Kier alpha value is -1.86. The van der Waals surface area contributed by atoms with Gasteiger partial charge < -0.3 is 23.7 Å². The number of carbonyl (C=O) groups excluding carboxylic acids is 2. The molecule has 0 bridgehead atoms. The molecule has 3 heterocycles. The van der Waals surface area contributed by atoms with Crippen LogP contribution >= 0.6 is 0 Å². The zero-order chi connectivity index (χ0) is 18.6. The van der Waals surface area contributed by atoms with Gasteiger partial charge in [0.25, 0.3) is 5.91 Å². The predicted molar refractivity (Wildman–Crippen MR) is 94.7 cm³/mol. The molecule has 2 amide bonds. The predicted octanol–water partition coefficient (Wildman–Crippen LogP) is 2.20. The number of carbonyl (C=O) groups is 2. The molecule has 0 atom stereocenters. The number of likely N-dealkylation sites (tertiary alicyclic amines) is 1. The largest absolute Gasteiger partial charge is 0.469 e. The second-order valence-corrected chi connectivity index (χ2v) is 6.92. The molecule has 0 unspecified atom stereocenters. The van der Waals surface area contributed by atoms with E-state index in [1.165, 1.54) is 6.26 Å². The van der Waals surface area contributed by atoms with Gasteiger partial charge in [-0.25, -0.2) is 0 Å². The highest BCUT2D eigenvalue weighted by molar-refractivity contribution is 5.95. The van der Waals surface area contributed by atoms with Crippen LogP contribution < -0.4 is 0 Å². The first kappa shape index (κ1) is 18.9. The number of hydrogen-bond donors (Lipinski definition) is 0. The standard InChI is InChI=1S/C19H28N2O5/c1-3-8-21(18(23)16-5-12-24-15(16)2)9-4-17(22)20-10-6-19(7-11-20)25-13-14-26-19/h5,12H,3-4,6-11,13-14H2,1-2H3. The molecule has 7 heteroatoms. The molecule has 144 valence electrons. The topological polar surface area (TPSA) is 72.2 Å². The number of nitrogens with zero attached hydrogens (tertiary/aromatic N) is 2. The molecule has 2 aliphatic heterocycles. The molecule has 0 radical (unpaired) electrons. The average Bonchev–Trinajstić information content (AvgIpc) is 3.27. The Morgan fingerprint density at radius 1 is 1.19 bits per heavy atom. The van der Waals surface area contributed by atoms with Crippen LogP contribution in [0.15, 0.2) is 16.7 Å². The third-order valence-electron chi connectivity index (χ3n) is 5.16. The van der Waals surface area contributed by atoms with Crippen LogP contribution in [0.4, 0.5) is 0 Å². The summed E-state index contributed by atoms with van der Waals surface area (Å²) in [4.78, 5) is 28.9. The van der Waals surface area contributed by atoms with Gasteiger partial charge in [0.05, 0.1) is 25.0 Å². The summed E-state index contributed by atoms with van der Waals surface area (Å²) in [6.45, 7) is 7.40. The lowest BCUT2D eigenvalue weighted by Crippen LogP contribution is -2.48. The minimum absolute atomic E-state index is 0.0729. The van der Waals surface area contributed by atoms with E-state index in [0.29, 0.717) is 70.0 Å². The first-order valence-electron chi connectivity index (χ1n) is 9.44. The van der Waals surface area contributed by atoms with E-state index in [1.807, 2.05) is 11.8 Å². The van der Waals surface area contributed by atoms with E-state index >= 15 is 0 Å². The Kier molecular flexibility index (Phi) is 5.98. The Morgan fingerprint density at radius 2 is 1.88 bits per heavy atom. The molecule has 2 fully saturated rings. The summed E-state index contributed by atoms with van der Waals surface area (Å²) < 4.78 is 16.6. The molecule has 3 rings (SSSR count). The summed E-state index contributed by atoms with van der Waals surface area (Å²) in [7, 11) is 0. The number of piperidine rings is 1. The van der Waals surface area contributed by atoms with Crippen LogP contribution in [0.25, 0.3) is 0 Å². The van der Waals surface area contributed by atoms with Crippen molar-refractivity contribution in [3.63, 3.8) is 0 Å². The normalized spacial score (nSPS) is 19.1. The molecule has 0 aromatic carbocycles. The van der Waals surface area contributed by atoms with E-state index in [1.54, 1.807) is 17.9 Å². The third kappa shape index (κ3) is 4.10. The number of ether oxygens (including phenoxy) is 2. The molecule has 1 spiro atoms. The van der Waals surface area contributed by atoms with Crippen LogP contribution in [0.2, 0.25) is 0 Å². The highest BCUT2D eigenvalue weighted by Crippen LogP contribution is 2.31. The van der Waals surface area contributed by atoms with Crippen molar-refractivity contribution in [2.24, 2.45) is 0 Å². The fourth-order valence-corrected chi connectivity index (χ4v) is 3.63. The first-order chi connectivity index (χ1) is 12.5. The SMILES string of the molecule is CCCN(CCC(=O)N1CCC2(CC1)OCCO2)C(=O)c1ccoc1C. The lowest BCUT2D eigenvalue weighted by Gasteiger charge is -2.37. The highest BCUT2D eigenvalue weighted by atomic mass is 16.7. The lowest BCUT2D eigenvalue weighted by molar-refractivity contribution is -0.187. The van der Waals surface area contributed by atoms with Gasteiger partial charge in [-0.2, -0.15) is 0 Å². The van der Waals surface area contributed by atoms with E-state index in [2.05, 4.69) is 0 Å². The maximum Gasteiger partial charge on any atom is 0.257 e. The van der Waals surface area contributed by atoms with Gasteiger partial charge in [-0.1, -0.05) is 6.92 Å². The summed E-state index contributed by atoms with van der Waals surface area (Å²) in [5.41, 5.74) is 0.571. The average molecular weight is 364 g/mol. The first-order valence-corrected chi connectivity index (χ1v) is 9.44. The molecule has 2 aliphatic rings.